The Balaban J connectivity index is 1.44. The second-order valence-corrected chi connectivity index (χ2v) is 8.40. The molecule has 2 aromatic heterocycles. The van der Waals surface area contributed by atoms with Gasteiger partial charge in [-0.25, -0.2) is 19.4 Å². The number of nitrogens with one attached hydrogen (secondary N) is 3. The number of rotatable bonds is 8. The van der Waals surface area contributed by atoms with Crippen LogP contribution in [0.4, 0.5) is 10.5 Å². The van der Waals surface area contributed by atoms with Crippen molar-refractivity contribution in [2.24, 2.45) is 0 Å². The van der Waals surface area contributed by atoms with Gasteiger partial charge >= 0.3 is 18.0 Å². The van der Waals surface area contributed by atoms with Crippen molar-refractivity contribution in [2.45, 2.75) is 20.4 Å². The molecule has 0 unspecified atom stereocenters. The van der Waals surface area contributed by atoms with E-state index in [0.29, 0.717) is 33.0 Å². The van der Waals surface area contributed by atoms with Gasteiger partial charge in [0, 0.05) is 24.6 Å². The maximum atomic E-state index is 12.3. The number of H-pyrrole nitrogens is 1. The van der Waals surface area contributed by atoms with Crippen LogP contribution >= 0.6 is 11.6 Å². The van der Waals surface area contributed by atoms with Crippen LogP contribution in [0, 0.1) is 0 Å². The van der Waals surface area contributed by atoms with E-state index < -0.39 is 23.5 Å². The molecular formula is C26H24ClN5O6. The number of anilines is 1. The van der Waals surface area contributed by atoms with E-state index in [0.717, 1.165) is 5.56 Å². The van der Waals surface area contributed by atoms with E-state index in [1.807, 2.05) is 0 Å². The monoisotopic (exact) mass is 537 g/mol. The van der Waals surface area contributed by atoms with Gasteiger partial charge in [0.1, 0.15) is 0 Å². The van der Waals surface area contributed by atoms with Crippen LogP contribution in [-0.2, 0) is 16.0 Å². The molecule has 0 bridgehead atoms. The number of aromatic nitrogens is 3. The number of carbonyl (C=O) groups excluding carboxylic acids is 3. The predicted octanol–water partition coefficient (Wildman–Crippen LogP) is 4.04. The third kappa shape index (κ3) is 6.01. The Bertz CT molecular complexity index is 1560. The molecule has 4 aromatic rings. The fraction of sp³-hybridized carbons (Fsp3) is 0.192. The number of halogens is 1. The molecule has 196 valence electrons. The normalized spacial score (nSPS) is 10.7. The van der Waals surface area contributed by atoms with E-state index in [-0.39, 0.29) is 25.5 Å². The summed E-state index contributed by atoms with van der Waals surface area (Å²) in [4.78, 5) is 55.1. The Labute approximate surface area is 221 Å². The number of hydrogen-bond donors (Lipinski definition) is 3. The van der Waals surface area contributed by atoms with Crippen molar-refractivity contribution in [3.63, 3.8) is 0 Å². The van der Waals surface area contributed by atoms with Gasteiger partial charge in [0.15, 0.2) is 0 Å². The van der Waals surface area contributed by atoms with Gasteiger partial charge in [0.2, 0.25) is 5.69 Å². The summed E-state index contributed by atoms with van der Waals surface area (Å²) >= 11 is 6.45. The molecule has 0 spiro atoms. The smallest absolute Gasteiger partial charge is 0.362 e. The summed E-state index contributed by atoms with van der Waals surface area (Å²) in [5.74, 6) is -1.24. The number of urea groups is 1. The Morgan fingerprint density at radius 3 is 2.45 bits per heavy atom. The van der Waals surface area contributed by atoms with Crippen LogP contribution in [0.3, 0.4) is 0 Å². The molecule has 0 atom stereocenters. The summed E-state index contributed by atoms with van der Waals surface area (Å²) in [5.41, 5.74) is 1.98. The average molecular weight is 538 g/mol. The molecule has 2 heterocycles. The van der Waals surface area contributed by atoms with Crippen molar-refractivity contribution < 1.29 is 23.9 Å². The average Bonchev–Trinajstić information content (AvgIpc) is 3.36. The highest BCUT2D eigenvalue weighted by molar-refractivity contribution is 6.33. The third-order valence-electron chi connectivity index (χ3n) is 5.37. The van der Waals surface area contributed by atoms with Gasteiger partial charge in [-0.1, -0.05) is 11.6 Å². The topological polar surface area (TPSA) is 144 Å². The fourth-order valence-electron chi connectivity index (χ4n) is 3.59. The summed E-state index contributed by atoms with van der Waals surface area (Å²) in [5, 5.41) is 5.81. The van der Waals surface area contributed by atoms with E-state index in [4.69, 9.17) is 21.1 Å². The van der Waals surface area contributed by atoms with E-state index in [1.165, 1.54) is 0 Å². The zero-order chi connectivity index (χ0) is 27.2. The van der Waals surface area contributed by atoms with Crippen molar-refractivity contribution in [3.05, 3.63) is 87.1 Å². The number of amides is 2. The van der Waals surface area contributed by atoms with Crippen molar-refractivity contribution in [1.82, 2.24) is 19.9 Å². The molecule has 3 N–H and O–H groups in total. The van der Waals surface area contributed by atoms with Gasteiger partial charge in [-0.15, -0.1) is 0 Å². The Kier molecular flexibility index (Phi) is 8.07. The van der Waals surface area contributed by atoms with Gasteiger partial charge in [-0.2, -0.15) is 0 Å². The third-order valence-corrected chi connectivity index (χ3v) is 5.67. The summed E-state index contributed by atoms with van der Waals surface area (Å²) in [6, 6.07) is 10.9. The lowest BCUT2D eigenvalue weighted by atomic mass is 10.2. The Morgan fingerprint density at radius 1 is 1.03 bits per heavy atom. The summed E-state index contributed by atoms with van der Waals surface area (Å²) in [6.07, 6.45) is 3.54. The maximum absolute atomic E-state index is 12.3. The first-order valence-corrected chi connectivity index (χ1v) is 12.1. The van der Waals surface area contributed by atoms with E-state index in [1.54, 1.807) is 73.3 Å². The molecule has 0 radical (unpaired) electrons. The maximum Gasteiger partial charge on any atom is 0.362 e. The molecule has 38 heavy (non-hydrogen) atoms. The van der Waals surface area contributed by atoms with Gasteiger partial charge in [-0.05, 0) is 61.9 Å². The van der Waals surface area contributed by atoms with Crippen LogP contribution in [-0.4, -0.2) is 45.7 Å². The molecular weight excluding hydrogens is 514 g/mol. The molecule has 11 nitrogen and oxygen atoms in total. The Hall–Kier alpha value is -4.64. The number of fused-ring (bicyclic) bond motifs is 1. The van der Waals surface area contributed by atoms with Crippen molar-refractivity contribution in [3.8, 4) is 5.69 Å². The first-order chi connectivity index (χ1) is 18.3. The lowest BCUT2D eigenvalue weighted by molar-refractivity contribution is 0.0511. The lowest BCUT2D eigenvalue weighted by Crippen LogP contribution is -2.28. The number of ether oxygens (including phenoxy) is 2. The molecule has 4 rings (SSSR count). The number of benzene rings is 2. The van der Waals surface area contributed by atoms with Gasteiger partial charge in [0.25, 0.3) is 5.56 Å². The number of carbonyl (C=O) groups is 3. The molecule has 2 aromatic carbocycles. The SMILES string of the molecule is CCOC(=O)c1ccc(NC(=O)NCc2ccn(-c3cc4nc(C(=O)OCC)c(=O)[nH]c4cc3Cl)c2)cc1. The van der Waals surface area contributed by atoms with Crippen LogP contribution in [0.15, 0.2) is 59.7 Å². The zero-order valence-corrected chi connectivity index (χ0v) is 21.3. The second-order valence-electron chi connectivity index (χ2n) is 7.99. The number of hydrogen-bond acceptors (Lipinski definition) is 7. The minimum Gasteiger partial charge on any atom is -0.462 e. The molecule has 0 aliphatic carbocycles. The van der Waals surface area contributed by atoms with Gasteiger partial charge in [0.05, 0.1) is 40.5 Å². The van der Waals surface area contributed by atoms with E-state index in [9.17, 15) is 19.2 Å². The van der Waals surface area contributed by atoms with Crippen LogP contribution in [0.1, 0.15) is 40.3 Å². The minimum absolute atomic E-state index is 0.115. The van der Waals surface area contributed by atoms with E-state index >= 15 is 0 Å². The number of aromatic amines is 1. The quantitative estimate of drug-likeness (QED) is 0.288. The van der Waals surface area contributed by atoms with Gasteiger partial charge < -0.3 is 29.7 Å². The standard InChI is InChI=1S/C26H24ClN5O6/c1-3-37-24(34)16-5-7-17(8-6-16)29-26(36)28-13-15-9-10-32(14-15)21-12-20-19(11-18(21)27)31-23(33)22(30-20)25(35)38-4-2/h5-12,14H,3-4,13H2,1-2H3,(H,31,33)(H2,28,29,36). The van der Waals surface area contributed by atoms with Crippen molar-refractivity contribution in [1.29, 1.82) is 0 Å². The molecule has 2 amide bonds. The van der Waals surface area contributed by atoms with Gasteiger partial charge in [-0.3, -0.25) is 4.79 Å². The largest absolute Gasteiger partial charge is 0.462 e. The molecule has 0 fully saturated rings. The van der Waals surface area contributed by atoms with Crippen molar-refractivity contribution in [2.75, 3.05) is 18.5 Å². The molecule has 0 saturated heterocycles. The zero-order valence-electron chi connectivity index (χ0n) is 20.5. The van der Waals surface area contributed by atoms with E-state index in [2.05, 4.69) is 20.6 Å². The number of nitrogens with zero attached hydrogens (tertiary/aromatic N) is 2. The van der Waals surface area contributed by atoms with Crippen LogP contribution < -0.4 is 16.2 Å². The Morgan fingerprint density at radius 2 is 1.74 bits per heavy atom. The first-order valence-electron chi connectivity index (χ1n) is 11.7. The summed E-state index contributed by atoms with van der Waals surface area (Å²) in [7, 11) is 0. The summed E-state index contributed by atoms with van der Waals surface area (Å²) in [6.45, 7) is 3.99. The highest BCUT2D eigenvalue weighted by Gasteiger charge is 2.17. The molecule has 0 aliphatic heterocycles. The summed E-state index contributed by atoms with van der Waals surface area (Å²) < 4.78 is 11.6. The van der Waals surface area contributed by atoms with Crippen LogP contribution in [0.5, 0.6) is 0 Å². The molecule has 0 aliphatic rings. The lowest BCUT2D eigenvalue weighted by Gasteiger charge is -2.09. The highest BCUT2D eigenvalue weighted by atomic mass is 35.5. The minimum atomic E-state index is -0.810. The van der Waals surface area contributed by atoms with Crippen molar-refractivity contribution >= 4 is 46.3 Å². The predicted molar refractivity (Wildman–Crippen MR) is 141 cm³/mol. The highest BCUT2D eigenvalue weighted by Crippen LogP contribution is 2.25. The van der Waals surface area contributed by atoms with Crippen LogP contribution in [0.25, 0.3) is 16.7 Å². The van der Waals surface area contributed by atoms with Crippen LogP contribution in [0.2, 0.25) is 5.02 Å². The molecule has 0 saturated carbocycles. The number of esters is 2. The first kappa shape index (κ1) is 26.4. The molecule has 12 heteroatoms. The second kappa shape index (κ2) is 11.6. The fourth-order valence-corrected chi connectivity index (χ4v) is 3.85.